The van der Waals surface area contributed by atoms with Crippen molar-refractivity contribution in [1.82, 2.24) is 0 Å². The average molecular weight is 368 g/mol. The fourth-order valence-corrected chi connectivity index (χ4v) is 0.482. The van der Waals surface area contributed by atoms with Crippen LogP contribution in [0.1, 0.15) is 12.8 Å². The van der Waals surface area contributed by atoms with Crippen LogP contribution in [0.15, 0.2) is 18.2 Å². The summed E-state index contributed by atoms with van der Waals surface area (Å²) in [6.45, 7) is 9.75. The van der Waals surface area contributed by atoms with Crippen LogP contribution in [-0.4, -0.2) is 20.4 Å². The molecule has 0 saturated heterocycles. The molecule has 5 heteroatoms. The molecule has 0 N–H and O–H groups in total. The van der Waals surface area contributed by atoms with Gasteiger partial charge in [-0.3, -0.25) is 26.4 Å². The van der Waals surface area contributed by atoms with Crippen molar-refractivity contribution in [3.63, 3.8) is 0 Å². The normalized spacial score (nSPS) is 8.86. The number of carbonyl (C=O) groups excluding carboxylic acids is 3. The van der Waals surface area contributed by atoms with Gasteiger partial charge in [0.2, 0.25) is 0 Å². The summed E-state index contributed by atoms with van der Waals surface area (Å²) in [5.74, 6) is 0. The minimum absolute atomic E-state index is 0. The first kappa shape index (κ1) is 29.2. The maximum Gasteiger partial charge on any atom is 4.00 e. The van der Waals surface area contributed by atoms with Crippen molar-refractivity contribution in [2.45, 2.75) is 12.8 Å². The van der Waals surface area contributed by atoms with Gasteiger partial charge in [-0.05, 0) is 0 Å². The van der Waals surface area contributed by atoms with Gasteiger partial charge in [0.15, 0.2) is 0 Å². The Bertz CT molecular complexity index is 110. The van der Waals surface area contributed by atoms with Crippen molar-refractivity contribution in [2.75, 3.05) is 0 Å². The zero-order valence-corrected chi connectivity index (χ0v) is 10.8. The van der Waals surface area contributed by atoms with Gasteiger partial charge in [0, 0.05) is 19.5 Å². The average Bonchev–Trinajstić information content (AvgIpc) is 2.29. The van der Waals surface area contributed by atoms with Gasteiger partial charge in [0.25, 0.3) is 0 Å². The fourth-order valence-electron chi connectivity index (χ4n) is 0.482. The second-order valence-electron chi connectivity index (χ2n) is 1.34. The second kappa shape index (κ2) is 53.3. The molecule has 0 spiro atoms. The van der Waals surface area contributed by atoms with E-state index in [1.54, 1.807) is 0 Å². The number of allylic oxidation sites excluding steroid dienone is 4. The molecule has 80 valence electrons. The van der Waals surface area contributed by atoms with Crippen LogP contribution in [0, 0.1) is 6.08 Å². The molecule has 0 heterocycles. The van der Waals surface area contributed by atoms with Gasteiger partial charge in [-0.2, -0.15) is 6.08 Å². The first-order valence-electron chi connectivity index (χ1n) is 2.92. The Balaban J connectivity index is -0.0000000300. The summed E-state index contributed by atoms with van der Waals surface area (Å²) in [7, 11) is 0. The van der Waals surface area contributed by atoms with Crippen LogP contribution in [0.3, 0.4) is 0 Å². The van der Waals surface area contributed by atoms with Gasteiger partial charge >= 0.3 is 19.5 Å². The van der Waals surface area contributed by atoms with E-state index in [2.05, 4.69) is 32.5 Å². The number of rotatable bonds is 0. The monoisotopic (exact) mass is 370 g/mol. The maximum absolute atomic E-state index is 7.75. The first-order chi connectivity index (χ1) is 6.00. The van der Waals surface area contributed by atoms with Gasteiger partial charge in [-0.15, -0.1) is 6.42 Å². The van der Waals surface area contributed by atoms with Crippen molar-refractivity contribution < 1.29 is 53.3 Å². The molecule has 0 aliphatic heterocycles. The van der Waals surface area contributed by atoms with E-state index in [0.29, 0.717) is 0 Å². The molecular formula is C9H10O3Ru2. The Kier molecular flexibility index (Phi) is 111. The molecule has 0 atom stereocenters. The predicted molar refractivity (Wildman–Crippen MR) is 46.4 cm³/mol. The van der Waals surface area contributed by atoms with Gasteiger partial charge in [-0.25, -0.2) is 12.2 Å². The van der Waals surface area contributed by atoms with Crippen LogP contribution in [0.2, 0.25) is 0 Å². The fraction of sp³-hybridized carbons (Fsp3) is 0.222. The van der Waals surface area contributed by atoms with Crippen LogP contribution < -0.4 is 0 Å². The Hall–Kier alpha value is -0.263. The zero-order chi connectivity index (χ0) is 10.2. The quantitative estimate of drug-likeness (QED) is 0.362. The summed E-state index contributed by atoms with van der Waals surface area (Å²) in [6.07, 6.45) is 11.5. The molecule has 3 nitrogen and oxygen atoms in total. The van der Waals surface area contributed by atoms with Crippen molar-refractivity contribution in [3.05, 3.63) is 24.3 Å². The molecule has 1 aliphatic carbocycles. The summed E-state index contributed by atoms with van der Waals surface area (Å²) in [4.78, 5) is 23.2. The zero-order valence-electron chi connectivity index (χ0n) is 7.31. The molecule has 0 unspecified atom stereocenters. The van der Waals surface area contributed by atoms with Crippen LogP contribution in [-0.2, 0) is 53.3 Å². The SMILES string of the molecule is [C-]1=CC=CCC1.[CH-]=O.[CH-]=O.[CH-]=O.[Ru+4].[Ru]. The van der Waals surface area contributed by atoms with Crippen LogP contribution in [0.5, 0.6) is 0 Å². The van der Waals surface area contributed by atoms with E-state index in [0.717, 1.165) is 6.42 Å². The van der Waals surface area contributed by atoms with Crippen molar-refractivity contribution >= 4 is 20.4 Å². The van der Waals surface area contributed by atoms with Crippen LogP contribution >= 0.6 is 0 Å². The molecule has 14 heavy (non-hydrogen) atoms. The molecule has 0 aromatic carbocycles. The smallest absolute Gasteiger partial charge is 0.545 e. The minimum Gasteiger partial charge on any atom is -0.545 e. The standard InChI is InChI=1S/C6H7.3CHO.2Ru/c1-2-4-6-5-3-1;3*1-2;;/h1-3H,4,6H2;3*1H;;/q4*-1;;+4. The first-order valence-corrected chi connectivity index (χ1v) is 2.92. The number of hydrogen-bond acceptors (Lipinski definition) is 3. The van der Waals surface area contributed by atoms with Gasteiger partial charge < -0.3 is 14.4 Å². The van der Waals surface area contributed by atoms with E-state index in [-0.39, 0.29) is 39.0 Å². The van der Waals surface area contributed by atoms with Gasteiger partial charge in [0.1, 0.15) is 0 Å². The van der Waals surface area contributed by atoms with Gasteiger partial charge in [0.05, 0.1) is 0 Å². The predicted octanol–water partition coefficient (Wildman–Crippen LogP) is 0.868. The molecule has 0 aromatic heterocycles. The molecule has 1 aliphatic rings. The summed E-state index contributed by atoms with van der Waals surface area (Å²) in [6, 6.07) is 0. The summed E-state index contributed by atoms with van der Waals surface area (Å²) in [5, 5.41) is 0. The Morgan fingerprint density at radius 3 is 1.50 bits per heavy atom. The Morgan fingerprint density at radius 1 is 1.00 bits per heavy atom. The van der Waals surface area contributed by atoms with E-state index < -0.39 is 0 Å². The Morgan fingerprint density at radius 2 is 1.43 bits per heavy atom. The van der Waals surface area contributed by atoms with E-state index >= 15 is 0 Å². The van der Waals surface area contributed by atoms with Crippen molar-refractivity contribution in [2.24, 2.45) is 0 Å². The molecule has 0 amide bonds. The van der Waals surface area contributed by atoms with Crippen molar-refractivity contribution in [1.29, 1.82) is 0 Å². The van der Waals surface area contributed by atoms with E-state index in [9.17, 15) is 0 Å². The largest absolute Gasteiger partial charge is 4.00 e. The van der Waals surface area contributed by atoms with E-state index in [4.69, 9.17) is 14.4 Å². The van der Waals surface area contributed by atoms with E-state index in [1.807, 2.05) is 12.2 Å². The van der Waals surface area contributed by atoms with Crippen LogP contribution in [0.25, 0.3) is 0 Å². The third kappa shape index (κ3) is 41.1. The Labute approximate surface area is 111 Å². The van der Waals surface area contributed by atoms with E-state index in [1.165, 1.54) is 6.42 Å². The van der Waals surface area contributed by atoms with Crippen LogP contribution in [0.4, 0.5) is 0 Å². The second-order valence-corrected chi connectivity index (χ2v) is 1.34. The molecule has 0 radical (unpaired) electrons. The summed E-state index contributed by atoms with van der Waals surface area (Å²) < 4.78 is 0. The summed E-state index contributed by atoms with van der Waals surface area (Å²) in [5.41, 5.74) is 0. The van der Waals surface area contributed by atoms with Crippen molar-refractivity contribution in [3.8, 4) is 0 Å². The number of hydrogen-bond donors (Lipinski definition) is 0. The van der Waals surface area contributed by atoms with Gasteiger partial charge in [-0.1, -0.05) is 6.42 Å². The molecule has 0 aromatic rings. The molecule has 0 saturated carbocycles. The minimum atomic E-state index is 0. The third-order valence-corrected chi connectivity index (χ3v) is 0.806. The molecule has 0 bridgehead atoms. The molecule has 1 rings (SSSR count). The maximum atomic E-state index is 7.75. The third-order valence-electron chi connectivity index (χ3n) is 0.806. The topological polar surface area (TPSA) is 51.2 Å². The summed E-state index contributed by atoms with van der Waals surface area (Å²) >= 11 is 0. The molecular weight excluding hydrogens is 358 g/mol. The molecule has 0 fully saturated rings.